The van der Waals surface area contributed by atoms with E-state index in [2.05, 4.69) is 10.6 Å². The molecule has 4 rings (SSSR count). The number of halogens is 5. The summed E-state index contributed by atoms with van der Waals surface area (Å²) in [4.78, 5) is 26.9. The van der Waals surface area contributed by atoms with E-state index in [0.29, 0.717) is 27.0 Å². The maximum absolute atomic E-state index is 13.0. The van der Waals surface area contributed by atoms with E-state index in [-0.39, 0.29) is 10.6 Å². The average molecular weight is 575 g/mol. The summed E-state index contributed by atoms with van der Waals surface area (Å²) in [5, 5.41) is 6.68. The minimum atomic E-state index is -1.31. The van der Waals surface area contributed by atoms with Gasteiger partial charge < -0.3 is 10.6 Å². The van der Waals surface area contributed by atoms with Gasteiger partial charge >= 0.3 is 0 Å². The Labute approximate surface area is 226 Å². The van der Waals surface area contributed by atoms with Crippen molar-refractivity contribution < 1.29 is 9.59 Å². The zero-order valence-corrected chi connectivity index (χ0v) is 22.1. The number of amides is 2. The van der Waals surface area contributed by atoms with Gasteiger partial charge in [0, 0.05) is 32.2 Å². The number of carbonyl (C=O) groups is 2. The Morgan fingerprint density at radius 3 is 2.09 bits per heavy atom. The average Bonchev–Trinajstić information content (AvgIpc) is 3.37. The van der Waals surface area contributed by atoms with E-state index in [4.69, 9.17) is 58.0 Å². The van der Waals surface area contributed by atoms with Crippen molar-refractivity contribution in [2.75, 3.05) is 16.9 Å². The first kappa shape index (κ1) is 25.5. The molecule has 1 fully saturated rings. The Morgan fingerprint density at radius 1 is 0.853 bits per heavy atom. The van der Waals surface area contributed by atoms with E-state index in [1.54, 1.807) is 54.2 Å². The van der Waals surface area contributed by atoms with Crippen LogP contribution in [0.2, 0.25) is 15.1 Å². The third kappa shape index (κ3) is 5.46. The predicted octanol–water partition coefficient (Wildman–Crippen LogP) is 8.15. The van der Waals surface area contributed by atoms with E-state index < -0.39 is 28.0 Å². The normalized spacial score (nSPS) is 18.3. The number of hydrogen-bond acceptors (Lipinski definition) is 3. The standard InChI is InChI=1S/C24H17Cl5N2O2S/c1-34-17-5-2-15(3-6-17)30-22(32)18-11-16(4-7-19(18)27)31-23(33)21-20(24(21,28)29)12-8-13(25)10-14(26)9-12/h2-11,20-21H,1H3,(H,30,32)(H,31,33)/t20-,21+/m1/s1. The molecule has 0 unspecified atom stereocenters. The number of thioether (sulfide) groups is 1. The lowest BCUT2D eigenvalue weighted by molar-refractivity contribution is -0.117. The Kier molecular flexibility index (Phi) is 7.63. The molecule has 3 aromatic rings. The summed E-state index contributed by atoms with van der Waals surface area (Å²) < 4.78 is -1.31. The molecule has 34 heavy (non-hydrogen) atoms. The van der Waals surface area contributed by atoms with Crippen molar-refractivity contribution in [1.29, 1.82) is 0 Å². The van der Waals surface area contributed by atoms with Crippen molar-refractivity contribution >= 4 is 93.0 Å². The fraction of sp³-hybridized carbons (Fsp3) is 0.167. The molecule has 0 spiro atoms. The van der Waals surface area contributed by atoms with Crippen LogP contribution in [0, 0.1) is 5.92 Å². The number of nitrogens with one attached hydrogen (secondary N) is 2. The monoisotopic (exact) mass is 572 g/mol. The van der Waals surface area contributed by atoms with E-state index in [9.17, 15) is 9.59 Å². The zero-order chi connectivity index (χ0) is 24.6. The van der Waals surface area contributed by atoms with E-state index in [0.717, 1.165) is 4.90 Å². The van der Waals surface area contributed by atoms with Gasteiger partial charge in [0.05, 0.1) is 16.5 Å². The lowest BCUT2D eigenvalue weighted by atomic mass is 10.1. The minimum absolute atomic E-state index is 0.213. The largest absolute Gasteiger partial charge is 0.326 e. The van der Waals surface area contributed by atoms with Gasteiger partial charge in [-0.05, 0) is 72.5 Å². The summed E-state index contributed by atoms with van der Waals surface area (Å²) >= 11 is 32.9. The van der Waals surface area contributed by atoms with Crippen molar-refractivity contribution in [1.82, 2.24) is 0 Å². The van der Waals surface area contributed by atoms with Gasteiger partial charge in [0.15, 0.2) is 0 Å². The molecule has 1 aliphatic carbocycles. The van der Waals surface area contributed by atoms with Crippen LogP contribution in [-0.2, 0) is 4.79 Å². The molecule has 0 heterocycles. The molecule has 10 heteroatoms. The fourth-order valence-electron chi connectivity index (χ4n) is 3.69. The summed E-state index contributed by atoms with van der Waals surface area (Å²) in [6.07, 6.45) is 1.97. The molecule has 2 amide bonds. The first-order valence-corrected chi connectivity index (χ1v) is 13.1. The topological polar surface area (TPSA) is 58.2 Å². The van der Waals surface area contributed by atoms with E-state index >= 15 is 0 Å². The minimum Gasteiger partial charge on any atom is -0.326 e. The van der Waals surface area contributed by atoms with Crippen LogP contribution in [0.4, 0.5) is 11.4 Å². The maximum Gasteiger partial charge on any atom is 0.257 e. The highest BCUT2D eigenvalue weighted by Gasteiger charge is 2.67. The van der Waals surface area contributed by atoms with Crippen LogP contribution < -0.4 is 10.6 Å². The molecule has 1 saturated carbocycles. The van der Waals surface area contributed by atoms with Crippen LogP contribution in [-0.4, -0.2) is 22.4 Å². The predicted molar refractivity (Wildman–Crippen MR) is 143 cm³/mol. The number of carbonyl (C=O) groups excluding carboxylic acids is 2. The maximum atomic E-state index is 13.0. The van der Waals surface area contributed by atoms with Crippen molar-refractivity contribution in [3.05, 3.63) is 86.9 Å². The van der Waals surface area contributed by atoms with Crippen molar-refractivity contribution in [2.45, 2.75) is 15.1 Å². The number of hydrogen-bond donors (Lipinski definition) is 2. The first-order chi connectivity index (χ1) is 16.1. The van der Waals surface area contributed by atoms with Crippen LogP contribution in [0.25, 0.3) is 0 Å². The summed E-state index contributed by atoms with van der Waals surface area (Å²) in [5.74, 6) is -2.01. The molecule has 2 atom stereocenters. The molecule has 0 saturated heterocycles. The molecule has 2 N–H and O–H groups in total. The van der Waals surface area contributed by atoms with Gasteiger partial charge in [-0.3, -0.25) is 9.59 Å². The third-order valence-electron chi connectivity index (χ3n) is 5.41. The zero-order valence-electron chi connectivity index (χ0n) is 17.5. The molecule has 0 radical (unpaired) electrons. The van der Waals surface area contributed by atoms with Crippen molar-refractivity contribution in [3.8, 4) is 0 Å². The molecule has 3 aromatic carbocycles. The number of benzene rings is 3. The lowest BCUT2D eigenvalue weighted by Gasteiger charge is -2.11. The number of anilines is 2. The molecular formula is C24H17Cl5N2O2S. The van der Waals surface area contributed by atoms with Crippen LogP contribution in [0.15, 0.2) is 65.6 Å². The second kappa shape index (κ2) is 10.2. The highest BCUT2D eigenvalue weighted by atomic mass is 35.5. The quantitative estimate of drug-likeness (QED) is 0.231. The summed E-state index contributed by atoms with van der Waals surface area (Å²) in [7, 11) is 0. The van der Waals surface area contributed by atoms with Gasteiger partial charge in [-0.1, -0.05) is 34.8 Å². The highest BCUT2D eigenvalue weighted by molar-refractivity contribution is 7.98. The number of alkyl halides is 2. The smallest absolute Gasteiger partial charge is 0.257 e. The molecule has 0 aliphatic heterocycles. The van der Waals surface area contributed by atoms with E-state index in [1.165, 1.54) is 6.07 Å². The lowest BCUT2D eigenvalue weighted by Crippen LogP contribution is -2.18. The SMILES string of the molecule is CSc1ccc(NC(=O)c2cc(NC(=O)[C@@H]3[C@@H](c4cc(Cl)cc(Cl)c4)C3(Cl)Cl)ccc2Cl)cc1. The van der Waals surface area contributed by atoms with E-state index in [1.807, 2.05) is 18.4 Å². The molecular weight excluding hydrogens is 558 g/mol. The second-order valence-electron chi connectivity index (χ2n) is 7.70. The van der Waals surface area contributed by atoms with Crippen molar-refractivity contribution in [2.24, 2.45) is 5.92 Å². The van der Waals surface area contributed by atoms with Crippen molar-refractivity contribution in [3.63, 3.8) is 0 Å². The molecule has 0 aromatic heterocycles. The van der Waals surface area contributed by atoms with Crippen LogP contribution >= 0.6 is 69.8 Å². The first-order valence-electron chi connectivity index (χ1n) is 10.00. The second-order valence-corrected chi connectivity index (χ2v) is 11.3. The Bertz CT molecular complexity index is 1250. The summed E-state index contributed by atoms with van der Waals surface area (Å²) in [6.45, 7) is 0. The van der Waals surface area contributed by atoms with Gasteiger partial charge in [0.2, 0.25) is 5.91 Å². The summed E-state index contributed by atoms with van der Waals surface area (Å²) in [6, 6.07) is 17.0. The Hall–Kier alpha value is -1.60. The van der Waals surface area contributed by atoms with Gasteiger partial charge in [-0.2, -0.15) is 0 Å². The molecule has 176 valence electrons. The Balaban J connectivity index is 1.49. The fourth-order valence-corrected chi connectivity index (χ4v) is 5.67. The molecule has 4 nitrogen and oxygen atoms in total. The van der Waals surface area contributed by atoms with Gasteiger partial charge in [0.25, 0.3) is 5.91 Å². The number of rotatable bonds is 6. The van der Waals surface area contributed by atoms with Gasteiger partial charge in [0.1, 0.15) is 4.33 Å². The third-order valence-corrected chi connectivity index (χ3v) is 7.86. The summed E-state index contributed by atoms with van der Waals surface area (Å²) in [5.41, 5.74) is 1.90. The molecule has 0 bridgehead atoms. The van der Waals surface area contributed by atoms with Gasteiger partial charge in [-0.25, -0.2) is 0 Å². The highest BCUT2D eigenvalue weighted by Crippen LogP contribution is 2.65. The van der Waals surface area contributed by atoms with Gasteiger partial charge in [-0.15, -0.1) is 35.0 Å². The van der Waals surface area contributed by atoms with Crippen LogP contribution in [0.3, 0.4) is 0 Å². The van der Waals surface area contributed by atoms with Crippen LogP contribution in [0.1, 0.15) is 21.8 Å². The Morgan fingerprint density at radius 2 is 1.47 bits per heavy atom. The van der Waals surface area contributed by atoms with Crippen LogP contribution in [0.5, 0.6) is 0 Å². The molecule has 1 aliphatic rings.